The van der Waals surface area contributed by atoms with Crippen molar-refractivity contribution in [2.45, 2.75) is 23.1 Å². The topological polar surface area (TPSA) is 83.4 Å². The van der Waals surface area contributed by atoms with Gasteiger partial charge in [0.05, 0.1) is 38.4 Å². The minimum Gasteiger partial charge on any atom is -0.481 e. The molecule has 1 N–H and O–H groups in total. The van der Waals surface area contributed by atoms with Crippen LogP contribution >= 0.6 is 34.7 Å². The van der Waals surface area contributed by atoms with Gasteiger partial charge in [0.15, 0.2) is 0 Å². The number of anilines is 1. The van der Waals surface area contributed by atoms with Crippen molar-refractivity contribution < 1.29 is 23.5 Å². The Morgan fingerprint density at radius 3 is 2.86 bits per heavy atom. The predicted octanol–water partition coefficient (Wildman–Crippen LogP) is 4.11. The fourth-order valence-corrected chi connectivity index (χ4v) is 5.22. The molecule has 28 heavy (non-hydrogen) atoms. The molecule has 0 fully saturated rings. The number of carbonyl (C=O) groups is 2. The first-order chi connectivity index (χ1) is 13.3. The van der Waals surface area contributed by atoms with Crippen LogP contribution in [0.3, 0.4) is 0 Å². The van der Waals surface area contributed by atoms with E-state index >= 15 is 0 Å². The number of nitrogens with zero attached hydrogens (tertiary/aromatic N) is 3. The zero-order valence-corrected chi connectivity index (χ0v) is 16.2. The molecule has 3 aromatic rings. The van der Waals surface area contributed by atoms with Crippen LogP contribution in [-0.2, 0) is 16.1 Å². The minimum atomic E-state index is -1.11. The molecule has 1 amide bonds. The van der Waals surface area contributed by atoms with E-state index in [1.165, 1.54) is 11.1 Å². The molecule has 0 bridgehead atoms. The Bertz CT molecular complexity index is 1120. The van der Waals surface area contributed by atoms with E-state index in [9.17, 15) is 18.4 Å². The van der Waals surface area contributed by atoms with Crippen LogP contribution in [-0.4, -0.2) is 32.2 Å². The van der Waals surface area contributed by atoms with Crippen LogP contribution in [0.25, 0.3) is 10.2 Å². The maximum absolute atomic E-state index is 14.0. The number of rotatable bonds is 4. The zero-order chi connectivity index (χ0) is 20.0. The molecule has 144 valence electrons. The minimum absolute atomic E-state index is 0.0441. The summed E-state index contributed by atoms with van der Waals surface area (Å²) < 4.78 is 27.6. The first-order valence-electron chi connectivity index (χ1n) is 7.91. The number of carboxylic acid groups (broad SMARTS) is 1. The van der Waals surface area contributed by atoms with Crippen molar-refractivity contribution in [2.75, 3.05) is 4.90 Å². The van der Waals surface area contributed by atoms with Crippen LogP contribution in [0, 0.1) is 11.6 Å². The van der Waals surface area contributed by atoms with Gasteiger partial charge in [-0.1, -0.05) is 11.6 Å². The van der Waals surface area contributed by atoms with Crippen molar-refractivity contribution in [3.63, 3.8) is 0 Å². The molecule has 1 aromatic carbocycles. The first-order valence-corrected chi connectivity index (χ1v) is 9.99. The van der Waals surface area contributed by atoms with Gasteiger partial charge < -0.3 is 5.11 Å². The molecule has 4 rings (SSSR count). The molecule has 2 aromatic heterocycles. The highest BCUT2D eigenvalue weighted by Crippen LogP contribution is 2.41. The van der Waals surface area contributed by atoms with Gasteiger partial charge in [-0.15, -0.1) is 23.1 Å². The van der Waals surface area contributed by atoms with E-state index in [0.717, 1.165) is 35.2 Å². The molecule has 0 aliphatic carbocycles. The maximum Gasteiger partial charge on any atom is 0.305 e. The molecule has 0 saturated carbocycles. The quantitative estimate of drug-likeness (QED) is 0.656. The summed E-state index contributed by atoms with van der Waals surface area (Å²) in [4.78, 5) is 34.3. The van der Waals surface area contributed by atoms with Crippen LogP contribution < -0.4 is 4.90 Å². The number of benzene rings is 1. The highest BCUT2D eigenvalue weighted by atomic mass is 35.5. The molecule has 3 heterocycles. The van der Waals surface area contributed by atoms with Crippen molar-refractivity contribution in [2.24, 2.45) is 0 Å². The lowest BCUT2D eigenvalue weighted by molar-refractivity contribution is -0.138. The van der Waals surface area contributed by atoms with Crippen LogP contribution in [0.15, 0.2) is 29.3 Å². The van der Waals surface area contributed by atoms with Crippen molar-refractivity contribution >= 4 is 62.6 Å². The van der Waals surface area contributed by atoms with E-state index in [2.05, 4.69) is 9.97 Å². The van der Waals surface area contributed by atoms with Gasteiger partial charge in [0.2, 0.25) is 5.91 Å². The summed E-state index contributed by atoms with van der Waals surface area (Å²) in [5, 5.41) is 8.97. The summed E-state index contributed by atoms with van der Waals surface area (Å²) in [6.07, 6.45) is 1.01. The summed E-state index contributed by atoms with van der Waals surface area (Å²) in [6, 6.07) is 3.50. The lowest BCUT2D eigenvalue weighted by atomic mass is 10.2. The monoisotopic (exact) mass is 441 g/mol. The second-order valence-electron chi connectivity index (χ2n) is 5.95. The second kappa shape index (κ2) is 7.26. The number of carboxylic acids is 1. The van der Waals surface area contributed by atoms with E-state index in [1.54, 1.807) is 6.07 Å². The Kier molecular flexibility index (Phi) is 4.94. The first kappa shape index (κ1) is 19.0. The third kappa shape index (κ3) is 3.54. The lowest BCUT2D eigenvalue weighted by Gasteiger charge is -2.31. The van der Waals surface area contributed by atoms with Crippen LogP contribution in [0.4, 0.5) is 14.6 Å². The van der Waals surface area contributed by atoms with Gasteiger partial charge in [0.1, 0.15) is 22.5 Å². The Labute approximate surface area is 170 Å². The van der Waals surface area contributed by atoms with Crippen molar-refractivity contribution in [3.8, 4) is 0 Å². The van der Waals surface area contributed by atoms with Crippen molar-refractivity contribution in [1.82, 2.24) is 9.97 Å². The summed E-state index contributed by atoms with van der Waals surface area (Å²) in [5.41, 5.74) is 0.155. The van der Waals surface area contributed by atoms with Crippen molar-refractivity contribution in [1.29, 1.82) is 0 Å². The van der Waals surface area contributed by atoms with E-state index in [4.69, 9.17) is 16.7 Å². The zero-order valence-electron chi connectivity index (χ0n) is 13.9. The third-order valence-electron chi connectivity index (χ3n) is 3.97. The summed E-state index contributed by atoms with van der Waals surface area (Å²) in [5.74, 6) is -2.70. The normalized spacial score (nSPS) is 16.5. The number of hydrogen-bond donors (Lipinski definition) is 1. The third-order valence-corrected chi connectivity index (χ3v) is 6.45. The fraction of sp³-hybridized carbons (Fsp3) is 0.176. The van der Waals surface area contributed by atoms with Crippen LogP contribution in [0.2, 0.25) is 5.02 Å². The Morgan fingerprint density at radius 2 is 2.11 bits per heavy atom. The second-order valence-corrected chi connectivity index (χ2v) is 8.71. The molecular formula is C17H10ClF2N3O3S2. The largest absolute Gasteiger partial charge is 0.481 e. The number of amides is 1. The molecular weight excluding hydrogens is 432 g/mol. The van der Waals surface area contributed by atoms with Gasteiger partial charge in [-0.2, -0.15) is 0 Å². The van der Waals surface area contributed by atoms with Gasteiger partial charge in [0.25, 0.3) is 0 Å². The van der Waals surface area contributed by atoms with Gasteiger partial charge in [-0.25, -0.2) is 18.7 Å². The fourth-order valence-electron chi connectivity index (χ4n) is 2.83. The smallest absolute Gasteiger partial charge is 0.305 e. The van der Waals surface area contributed by atoms with Crippen molar-refractivity contribution in [3.05, 3.63) is 46.1 Å². The molecule has 1 atom stereocenters. The lowest BCUT2D eigenvalue weighted by Crippen LogP contribution is -2.42. The molecule has 0 radical (unpaired) electrons. The van der Waals surface area contributed by atoms with Gasteiger partial charge in [0, 0.05) is 18.3 Å². The average Bonchev–Trinajstić information content (AvgIpc) is 3.01. The highest BCUT2D eigenvalue weighted by Gasteiger charge is 2.36. The standard InChI is InChI=1S/C17H10ClF2N3O3S2/c18-7-1-11-16(21-5-7)23(17(26)12(27-11)4-14(24)25)6-13-22-10-3-8(19)2-9(20)15(10)28-13/h1-3,5,12H,4,6H2,(H,24,25). The average molecular weight is 442 g/mol. The number of fused-ring (bicyclic) bond motifs is 2. The molecule has 0 saturated heterocycles. The molecule has 11 heteroatoms. The molecule has 1 aliphatic rings. The molecule has 6 nitrogen and oxygen atoms in total. The predicted molar refractivity (Wildman–Crippen MR) is 102 cm³/mol. The number of thioether (sulfide) groups is 1. The number of aromatic nitrogens is 2. The SMILES string of the molecule is O=C(O)CC1Sc2cc(Cl)cnc2N(Cc2nc3cc(F)cc(F)c3s2)C1=O. The summed E-state index contributed by atoms with van der Waals surface area (Å²) in [6.45, 7) is -0.0441. The van der Waals surface area contributed by atoms with E-state index in [-0.39, 0.29) is 23.2 Å². The molecule has 1 unspecified atom stereocenters. The number of thiazole rings is 1. The van der Waals surface area contributed by atoms with Gasteiger partial charge in [-0.3, -0.25) is 14.5 Å². The number of aliphatic carboxylic acids is 1. The Balaban J connectivity index is 1.74. The Morgan fingerprint density at radius 1 is 1.32 bits per heavy atom. The van der Waals surface area contributed by atoms with E-state index in [0.29, 0.717) is 20.7 Å². The van der Waals surface area contributed by atoms with Gasteiger partial charge in [-0.05, 0) is 6.07 Å². The molecule has 1 aliphatic heterocycles. The number of pyridine rings is 1. The highest BCUT2D eigenvalue weighted by molar-refractivity contribution is 8.01. The number of halogens is 3. The summed E-state index contributed by atoms with van der Waals surface area (Å²) >= 11 is 8.06. The van der Waals surface area contributed by atoms with E-state index < -0.39 is 28.8 Å². The summed E-state index contributed by atoms with van der Waals surface area (Å²) in [7, 11) is 0. The number of carbonyl (C=O) groups excluding carboxylic acids is 1. The van der Waals surface area contributed by atoms with E-state index in [1.807, 2.05) is 0 Å². The molecule has 0 spiro atoms. The Hall–Kier alpha value is -2.30. The van der Waals surface area contributed by atoms with Crippen LogP contribution in [0.1, 0.15) is 11.4 Å². The number of hydrogen-bond acceptors (Lipinski definition) is 6. The van der Waals surface area contributed by atoms with Gasteiger partial charge >= 0.3 is 5.97 Å². The van der Waals surface area contributed by atoms with Crippen LogP contribution in [0.5, 0.6) is 0 Å². The maximum atomic E-state index is 14.0.